The number of anilines is 4. The lowest BCUT2D eigenvalue weighted by atomic mass is 10.3. The zero-order chi connectivity index (χ0) is 24.3. The molecular formula is C19H16F6N8O. The van der Waals surface area contributed by atoms with E-state index in [0.29, 0.717) is 19.7 Å². The molecule has 0 radical (unpaired) electrons. The number of nitrogens with zero attached hydrogens (tertiary/aromatic N) is 5. The van der Waals surface area contributed by atoms with Gasteiger partial charge in [0.05, 0.1) is 6.61 Å². The van der Waals surface area contributed by atoms with Crippen LogP contribution in [0.15, 0.2) is 36.5 Å². The Morgan fingerprint density at radius 1 is 0.882 bits per heavy atom. The molecule has 34 heavy (non-hydrogen) atoms. The molecule has 9 nitrogen and oxygen atoms in total. The van der Waals surface area contributed by atoms with Gasteiger partial charge in [-0.05, 0) is 24.3 Å². The van der Waals surface area contributed by atoms with Crippen LogP contribution in [-0.2, 0) is 17.1 Å². The normalized spacial score (nSPS) is 16.8. The van der Waals surface area contributed by atoms with Crippen molar-refractivity contribution < 1.29 is 31.1 Å². The van der Waals surface area contributed by atoms with Crippen molar-refractivity contribution in [3.8, 4) is 0 Å². The summed E-state index contributed by atoms with van der Waals surface area (Å²) in [5, 5.41) is 8.30. The van der Waals surface area contributed by atoms with Crippen LogP contribution in [0.4, 0.5) is 49.7 Å². The van der Waals surface area contributed by atoms with E-state index in [1.54, 1.807) is 0 Å². The topological polar surface area (TPSA) is 110 Å². The number of rotatable bonds is 5. The third kappa shape index (κ3) is 5.85. The maximum atomic E-state index is 13.0. The number of alkyl halides is 6. The fourth-order valence-electron chi connectivity index (χ4n) is 2.95. The monoisotopic (exact) mass is 486 g/mol. The fourth-order valence-corrected chi connectivity index (χ4v) is 2.95. The molecule has 0 aliphatic carbocycles. The van der Waals surface area contributed by atoms with Crippen LogP contribution in [0.2, 0.25) is 0 Å². The van der Waals surface area contributed by atoms with Crippen LogP contribution in [0.1, 0.15) is 23.3 Å². The molecule has 4 rings (SSSR count). The summed E-state index contributed by atoms with van der Waals surface area (Å²) in [4.78, 5) is 19.2. The molecule has 0 aromatic carbocycles. The fraction of sp³-hybridized carbons (Fsp3) is 0.316. The summed E-state index contributed by atoms with van der Waals surface area (Å²) in [6.07, 6.45) is -8.97. The number of aromatic nitrogens is 5. The quantitative estimate of drug-likeness (QED) is 0.464. The average Bonchev–Trinajstić information content (AvgIpc) is 2.79. The van der Waals surface area contributed by atoms with Crippen molar-refractivity contribution in [1.29, 1.82) is 0 Å². The van der Waals surface area contributed by atoms with Gasteiger partial charge in [0.2, 0.25) is 11.9 Å². The van der Waals surface area contributed by atoms with Crippen molar-refractivity contribution in [2.75, 3.05) is 30.3 Å². The van der Waals surface area contributed by atoms with E-state index in [2.05, 4.69) is 40.9 Å². The zero-order valence-corrected chi connectivity index (χ0v) is 17.1. The molecule has 0 spiro atoms. The molecule has 1 fully saturated rings. The highest BCUT2D eigenvalue weighted by atomic mass is 19.4. The lowest BCUT2D eigenvalue weighted by molar-refractivity contribution is -0.141. The van der Waals surface area contributed by atoms with Gasteiger partial charge in [0, 0.05) is 25.0 Å². The smallest absolute Gasteiger partial charge is 0.368 e. The van der Waals surface area contributed by atoms with E-state index in [4.69, 9.17) is 4.74 Å². The highest BCUT2D eigenvalue weighted by Crippen LogP contribution is 2.30. The Morgan fingerprint density at radius 3 is 2.29 bits per heavy atom. The van der Waals surface area contributed by atoms with Gasteiger partial charge in [-0.1, -0.05) is 6.07 Å². The minimum atomic E-state index is -4.66. The molecule has 180 valence electrons. The maximum Gasteiger partial charge on any atom is 0.433 e. The minimum Gasteiger partial charge on any atom is -0.368 e. The second-order valence-electron chi connectivity index (χ2n) is 6.99. The van der Waals surface area contributed by atoms with Crippen molar-refractivity contribution in [3.05, 3.63) is 53.7 Å². The Hall–Kier alpha value is -3.59. The highest BCUT2D eigenvalue weighted by Gasteiger charge is 2.33. The summed E-state index contributed by atoms with van der Waals surface area (Å²) in [6, 6.07) is 5.29. The number of nitrogens with one attached hydrogen (secondary N) is 3. The molecule has 3 N–H and O–H groups in total. The lowest BCUT2D eigenvalue weighted by Crippen LogP contribution is -2.34. The van der Waals surface area contributed by atoms with Gasteiger partial charge >= 0.3 is 12.4 Å². The minimum absolute atomic E-state index is 0.00898. The molecule has 0 saturated carbocycles. The summed E-state index contributed by atoms with van der Waals surface area (Å²) in [7, 11) is 0. The van der Waals surface area contributed by atoms with E-state index in [-0.39, 0.29) is 29.2 Å². The first kappa shape index (κ1) is 23.6. The van der Waals surface area contributed by atoms with Crippen molar-refractivity contribution >= 4 is 23.4 Å². The van der Waals surface area contributed by atoms with Gasteiger partial charge in [-0.25, -0.2) is 4.98 Å². The molecule has 1 saturated heterocycles. The van der Waals surface area contributed by atoms with E-state index in [0.717, 1.165) is 24.4 Å². The zero-order valence-electron chi connectivity index (χ0n) is 17.1. The first-order chi connectivity index (χ1) is 16.1. The average molecular weight is 486 g/mol. The molecule has 0 bridgehead atoms. The molecular weight excluding hydrogens is 470 g/mol. The summed E-state index contributed by atoms with van der Waals surface area (Å²) < 4.78 is 83.5. The van der Waals surface area contributed by atoms with Gasteiger partial charge in [0.1, 0.15) is 23.3 Å². The van der Waals surface area contributed by atoms with Crippen molar-refractivity contribution in [2.24, 2.45) is 0 Å². The van der Waals surface area contributed by atoms with Crippen molar-refractivity contribution in [3.63, 3.8) is 0 Å². The van der Waals surface area contributed by atoms with Crippen LogP contribution in [0.3, 0.4) is 0 Å². The number of ether oxygens (including phenoxy) is 1. The number of morpholine rings is 1. The van der Waals surface area contributed by atoms with Crippen LogP contribution in [0.5, 0.6) is 0 Å². The van der Waals surface area contributed by atoms with Crippen molar-refractivity contribution in [2.45, 2.75) is 18.5 Å². The third-order valence-electron chi connectivity index (χ3n) is 4.45. The predicted octanol–water partition coefficient (Wildman–Crippen LogP) is 3.85. The predicted molar refractivity (Wildman–Crippen MR) is 106 cm³/mol. The Morgan fingerprint density at radius 2 is 1.62 bits per heavy atom. The third-order valence-corrected chi connectivity index (χ3v) is 4.45. The van der Waals surface area contributed by atoms with Gasteiger partial charge in [-0.15, -0.1) is 0 Å². The Bertz CT molecular complexity index is 1070. The molecule has 0 amide bonds. The molecule has 1 aliphatic heterocycles. The van der Waals surface area contributed by atoms with E-state index in [1.165, 1.54) is 12.1 Å². The summed E-state index contributed by atoms with van der Waals surface area (Å²) in [6.45, 7) is 1.30. The first-order valence-corrected chi connectivity index (χ1v) is 9.78. The number of hydrogen-bond acceptors (Lipinski definition) is 9. The summed E-state index contributed by atoms with van der Waals surface area (Å²) in [5.74, 6) is -0.417. The number of halogens is 6. The van der Waals surface area contributed by atoms with Crippen molar-refractivity contribution in [1.82, 2.24) is 30.2 Å². The number of hydrogen-bond donors (Lipinski definition) is 3. The molecule has 3 aromatic heterocycles. The maximum absolute atomic E-state index is 13.0. The molecule has 1 aliphatic rings. The van der Waals surface area contributed by atoms with Gasteiger partial charge in [-0.2, -0.15) is 41.3 Å². The second-order valence-corrected chi connectivity index (χ2v) is 6.99. The molecule has 3 aromatic rings. The van der Waals surface area contributed by atoms with E-state index >= 15 is 0 Å². The van der Waals surface area contributed by atoms with Crippen LogP contribution < -0.4 is 16.0 Å². The van der Waals surface area contributed by atoms with E-state index in [1.807, 2.05) is 0 Å². The molecule has 4 heterocycles. The number of pyridine rings is 2. The van der Waals surface area contributed by atoms with Crippen LogP contribution in [0.25, 0.3) is 0 Å². The van der Waals surface area contributed by atoms with Gasteiger partial charge < -0.3 is 20.7 Å². The Balaban J connectivity index is 1.66. The lowest BCUT2D eigenvalue weighted by Gasteiger charge is -2.23. The van der Waals surface area contributed by atoms with Gasteiger partial charge in [0.15, 0.2) is 5.82 Å². The Labute approximate surface area is 188 Å². The van der Waals surface area contributed by atoms with Crippen LogP contribution >= 0.6 is 0 Å². The molecule has 1 unspecified atom stereocenters. The SMILES string of the molecule is FC(F)(F)c1cc(Nc2nc(Nc3cccc(C(F)(F)F)n3)nc(C3CNCCO3)n2)ccn1. The standard InChI is InChI=1S/C19H16F6N8O/c20-18(21,22)12-2-1-3-14(29-12)30-17-32-15(11-9-26-6-7-34-11)31-16(33-17)28-10-4-5-27-13(8-10)19(23,24)25/h1-5,8,11,26H,6-7,9H2,(H2,27,28,29,30,31,32,33). The van der Waals surface area contributed by atoms with E-state index in [9.17, 15) is 26.3 Å². The molecule has 1 atom stereocenters. The van der Waals surface area contributed by atoms with Gasteiger partial charge in [0.25, 0.3) is 0 Å². The van der Waals surface area contributed by atoms with Crippen LogP contribution in [-0.4, -0.2) is 44.6 Å². The Kier molecular flexibility index (Phi) is 6.47. The highest BCUT2D eigenvalue weighted by molar-refractivity contribution is 5.56. The molecule has 15 heteroatoms. The first-order valence-electron chi connectivity index (χ1n) is 9.78. The summed E-state index contributed by atoms with van der Waals surface area (Å²) >= 11 is 0. The largest absolute Gasteiger partial charge is 0.433 e. The second kappa shape index (κ2) is 9.34. The summed E-state index contributed by atoms with van der Waals surface area (Å²) in [5.41, 5.74) is -2.26. The van der Waals surface area contributed by atoms with E-state index < -0.39 is 29.8 Å². The van der Waals surface area contributed by atoms with Crippen LogP contribution in [0, 0.1) is 0 Å². The van der Waals surface area contributed by atoms with Gasteiger partial charge in [-0.3, -0.25) is 4.98 Å².